The molecule has 0 saturated carbocycles. The first kappa shape index (κ1) is 17.6. The van der Waals surface area contributed by atoms with Crippen molar-refractivity contribution in [3.63, 3.8) is 0 Å². The number of nitrogens with one attached hydrogen (secondary N) is 1. The molecule has 0 saturated heterocycles. The quantitative estimate of drug-likeness (QED) is 0.565. The van der Waals surface area contributed by atoms with Gasteiger partial charge in [0.2, 0.25) is 0 Å². The summed E-state index contributed by atoms with van der Waals surface area (Å²) in [5.74, 6) is 1.23. The zero-order chi connectivity index (χ0) is 15.0. The number of aliphatic hydroxyl groups excluding tert-OH is 1. The van der Waals surface area contributed by atoms with Crippen molar-refractivity contribution in [2.24, 2.45) is 11.8 Å². The van der Waals surface area contributed by atoms with E-state index in [1.165, 1.54) is 0 Å². The first-order chi connectivity index (χ1) is 9.44. The van der Waals surface area contributed by atoms with Gasteiger partial charge in [-0.3, -0.25) is 0 Å². The monoisotopic (exact) mass is 285 g/mol. The number of ether oxygens (including phenoxy) is 1. The molecule has 118 valence electrons. The summed E-state index contributed by atoms with van der Waals surface area (Å²) in [4.78, 5) is 0. The van der Waals surface area contributed by atoms with Gasteiger partial charge in [-0.15, -0.1) is 0 Å². The molecule has 0 aromatic rings. The van der Waals surface area contributed by atoms with Crippen LogP contribution in [0.2, 0.25) is 0 Å². The van der Waals surface area contributed by atoms with Crippen LogP contribution in [-0.2, 0) is 4.74 Å². The van der Waals surface area contributed by atoms with Gasteiger partial charge in [0.05, 0.1) is 24.9 Å². The number of hydrogen-bond donors (Lipinski definition) is 3. The molecule has 4 heteroatoms. The maximum Gasteiger partial charge on any atom is 0.0897 e. The highest BCUT2D eigenvalue weighted by molar-refractivity contribution is 4.93. The highest BCUT2D eigenvalue weighted by Gasteiger charge is 2.19. The van der Waals surface area contributed by atoms with Gasteiger partial charge in [-0.2, -0.15) is 0 Å². The van der Waals surface area contributed by atoms with Crippen molar-refractivity contribution in [3.8, 4) is 0 Å². The fourth-order valence-electron chi connectivity index (χ4n) is 2.29. The Hall–Kier alpha value is -0.420. The average molecular weight is 285 g/mol. The van der Waals surface area contributed by atoms with E-state index in [4.69, 9.17) is 4.74 Å². The summed E-state index contributed by atoms with van der Waals surface area (Å²) in [6.45, 7) is 8.01. The van der Waals surface area contributed by atoms with Crippen molar-refractivity contribution in [3.05, 3.63) is 12.2 Å². The van der Waals surface area contributed by atoms with Crippen molar-refractivity contribution in [1.29, 1.82) is 0 Å². The smallest absolute Gasteiger partial charge is 0.0897 e. The van der Waals surface area contributed by atoms with Crippen molar-refractivity contribution in [2.45, 2.75) is 51.7 Å². The highest BCUT2D eigenvalue weighted by atomic mass is 16.5. The Labute approximate surface area is 123 Å². The minimum absolute atomic E-state index is 0.355. The second-order valence-electron chi connectivity index (χ2n) is 6.35. The lowest BCUT2D eigenvalue weighted by Crippen LogP contribution is -2.41. The standard InChI is InChI=1S/C16H31NO3/c1-4-16(3,19)12-17-9-15(18)11-20-10-14-8-6-5-7-13(14)2/h5-6,13-15,17-19H,4,7-12H2,1-3H3. The van der Waals surface area contributed by atoms with Crippen LogP contribution in [0, 0.1) is 11.8 Å². The number of hydrogen-bond acceptors (Lipinski definition) is 4. The molecule has 20 heavy (non-hydrogen) atoms. The van der Waals surface area contributed by atoms with E-state index in [9.17, 15) is 10.2 Å². The van der Waals surface area contributed by atoms with Crippen LogP contribution in [0.15, 0.2) is 12.2 Å². The molecule has 4 nitrogen and oxygen atoms in total. The molecule has 1 aliphatic carbocycles. The molecule has 0 spiro atoms. The van der Waals surface area contributed by atoms with Crippen LogP contribution in [0.4, 0.5) is 0 Å². The number of allylic oxidation sites excluding steroid dienone is 2. The van der Waals surface area contributed by atoms with Gasteiger partial charge in [0, 0.05) is 13.1 Å². The van der Waals surface area contributed by atoms with Gasteiger partial charge in [-0.05, 0) is 38.0 Å². The SMILES string of the molecule is CCC(C)(O)CNCC(O)COCC1CC=CCC1C. The maximum absolute atomic E-state index is 9.83. The average Bonchev–Trinajstić information content (AvgIpc) is 2.41. The van der Waals surface area contributed by atoms with E-state index in [0.29, 0.717) is 38.0 Å². The molecule has 1 aliphatic rings. The van der Waals surface area contributed by atoms with Crippen molar-refractivity contribution >= 4 is 0 Å². The van der Waals surface area contributed by atoms with E-state index in [-0.39, 0.29) is 0 Å². The van der Waals surface area contributed by atoms with Crippen molar-refractivity contribution in [2.75, 3.05) is 26.3 Å². The zero-order valence-corrected chi connectivity index (χ0v) is 13.1. The van der Waals surface area contributed by atoms with E-state index < -0.39 is 11.7 Å². The van der Waals surface area contributed by atoms with Crippen LogP contribution in [0.5, 0.6) is 0 Å². The van der Waals surface area contributed by atoms with Gasteiger partial charge in [0.1, 0.15) is 0 Å². The third-order valence-corrected chi connectivity index (χ3v) is 4.21. The van der Waals surface area contributed by atoms with Gasteiger partial charge in [-0.25, -0.2) is 0 Å². The Kier molecular flexibility index (Phi) is 7.74. The van der Waals surface area contributed by atoms with Crippen molar-refractivity contribution in [1.82, 2.24) is 5.32 Å². The highest BCUT2D eigenvalue weighted by Crippen LogP contribution is 2.24. The number of rotatable bonds is 9. The first-order valence-electron chi connectivity index (χ1n) is 7.78. The predicted molar refractivity (Wildman–Crippen MR) is 81.6 cm³/mol. The van der Waals surface area contributed by atoms with Gasteiger partial charge < -0.3 is 20.3 Å². The van der Waals surface area contributed by atoms with E-state index in [2.05, 4.69) is 24.4 Å². The molecule has 0 fully saturated rings. The van der Waals surface area contributed by atoms with Gasteiger partial charge in [0.25, 0.3) is 0 Å². The van der Waals surface area contributed by atoms with Crippen molar-refractivity contribution < 1.29 is 14.9 Å². The molecule has 3 N–H and O–H groups in total. The van der Waals surface area contributed by atoms with E-state index in [1.807, 2.05) is 6.92 Å². The normalized spacial score (nSPS) is 27.2. The molecule has 1 rings (SSSR count). The molecular formula is C16H31NO3. The first-order valence-corrected chi connectivity index (χ1v) is 7.78. The molecule has 0 aromatic heterocycles. The second-order valence-corrected chi connectivity index (χ2v) is 6.35. The lowest BCUT2D eigenvalue weighted by molar-refractivity contribution is 0.00768. The second kappa shape index (κ2) is 8.78. The summed E-state index contributed by atoms with van der Waals surface area (Å²) in [6.07, 6.45) is 6.84. The summed E-state index contributed by atoms with van der Waals surface area (Å²) < 4.78 is 5.63. The minimum Gasteiger partial charge on any atom is -0.389 e. The molecule has 4 atom stereocenters. The van der Waals surface area contributed by atoms with Gasteiger partial charge >= 0.3 is 0 Å². The summed E-state index contributed by atoms with van der Waals surface area (Å²) in [5, 5.41) is 22.7. The lowest BCUT2D eigenvalue weighted by Gasteiger charge is -2.26. The van der Waals surface area contributed by atoms with Gasteiger partial charge in [-0.1, -0.05) is 26.0 Å². The van der Waals surface area contributed by atoms with Crippen LogP contribution in [0.1, 0.15) is 40.0 Å². The largest absolute Gasteiger partial charge is 0.389 e. The van der Waals surface area contributed by atoms with Gasteiger partial charge in [0.15, 0.2) is 0 Å². The van der Waals surface area contributed by atoms with Crippen LogP contribution in [0.25, 0.3) is 0 Å². The predicted octanol–water partition coefficient (Wildman–Crippen LogP) is 1.72. The molecule has 0 aromatic carbocycles. The van der Waals surface area contributed by atoms with Crippen LogP contribution in [-0.4, -0.2) is 48.2 Å². The lowest BCUT2D eigenvalue weighted by atomic mass is 9.85. The molecule has 0 heterocycles. The molecular weight excluding hydrogens is 254 g/mol. The topological polar surface area (TPSA) is 61.7 Å². The summed E-state index contributed by atoms with van der Waals surface area (Å²) in [5.41, 5.74) is -0.704. The Balaban J connectivity index is 2.08. The summed E-state index contributed by atoms with van der Waals surface area (Å²) in [6, 6.07) is 0. The Bertz CT molecular complexity index is 291. The molecule has 4 unspecified atom stereocenters. The van der Waals surface area contributed by atoms with E-state index in [0.717, 1.165) is 19.4 Å². The third kappa shape index (κ3) is 6.84. The van der Waals surface area contributed by atoms with Crippen LogP contribution >= 0.6 is 0 Å². The molecule has 0 amide bonds. The number of aliphatic hydroxyl groups is 2. The Morgan fingerprint density at radius 2 is 2.10 bits per heavy atom. The van der Waals surface area contributed by atoms with Crippen LogP contribution in [0.3, 0.4) is 0 Å². The minimum atomic E-state index is -0.704. The van der Waals surface area contributed by atoms with E-state index in [1.54, 1.807) is 6.92 Å². The Morgan fingerprint density at radius 3 is 2.75 bits per heavy atom. The third-order valence-electron chi connectivity index (χ3n) is 4.21. The molecule has 0 radical (unpaired) electrons. The van der Waals surface area contributed by atoms with Crippen LogP contribution < -0.4 is 5.32 Å². The zero-order valence-electron chi connectivity index (χ0n) is 13.1. The summed E-state index contributed by atoms with van der Waals surface area (Å²) in [7, 11) is 0. The summed E-state index contributed by atoms with van der Waals surface area (Å²) >= 11 is 0. The molecule has 0 bridgehead atoms. The fraction of sp³-hybridized carbons (Fsp3) is 0.875. The maximum atomic E-state index is 9.83. The van der Waals surface area contributed by atoms with E-state index >= 15 is 0 Å². The fourth-order valence-corrected chi connectivity index (χ4v) is 2.29. The Morgan fingerprint density at radius 1 is 1.40 bits per heavy atom. The molecule has 0 aliphatic heterocycles.